The molecule has 4 rings (SSSR count). The van der Waals surface area contributed by atoms with Crippen LogP contribution in [0.1, 0.15) is 66.2 Å². The SMILES string of the molecule is CC(C)C12C=C3C(CC4[C@](C)(CCC[C@@]4(C)C(=O)O)C3CC1)C(C(=O)O)C2C(=O)O. The molecule has 0 spiro atoms. The standard InChI is InChI=1S/C24H34O6/c1-12(2)24-9-6-15-14(11-24)13(17(19(25)26)18(24)20(27)28)10-16-22(15,3)7-5-8-23(16,4)21(29)30/h11-13,15-18H,5-10H2,1-4H3,(H,25,26)(H,27,28)(H,29,30)/t13?,15?,16?,17?,18?,22-,23-,24?/m1/s1. The minimum Gasteiger partial charge on any atom is -0.481 e. The van der Waals surface area contributed by atoms with Crippen LogP contribution in [0, 0.1) is 51.8 Å². The smallest absolute Gasteiger partial charge is 0.309 e. The molecule has 4 aliphatic carbocycles. The molecular formula is C24H34O6. The molecule has 2 bridgehead atoms. The molecule has 0 heterocycles. The minimum atomic E-state index is -1.06. The van der Waals surface area contributed by atoms with Crippen LogP contribution in [-0.4, -0.2) is 33.2 Å². The van der Waals surface area contributed by atoms with Crippen LogP contribution in [0.5, 0.6) is 0 Å². The van der Waals surface area contributed by atoms with E-state index < -0.39 is 46.5 Å². The molecule has 30 heavy (non-hydrogen) atoms. The Kier molecular flexibility index (Phi) is 4.68. The summed E-state index contributed by atoms with van der Waals surface area (Å²) >= 11 is 0. The van der Waals surface area contributed by atoms with Crippen molar-refractivity contribution in [2.75, 3.05) is 0 Å². The van der Waals surface area contributed by atoms with Crippen LogP contribution >= 0.6 is 0 Å². The van der Waals surface area contributed by atoms with Crippen molar-refractivity contribution in [1.29, 1.82) is 0 Å². The maximum atomic E-state index is 12.5. The van der Waals surface area contributed by atoms with Crippen molar-refractivity contribution in [2.24, 2.45) is 51.8 Å². The van der Waals surface area contributed by atoms with Gasteiger partial charge in [0.15, 0.2) is 0 Å². The number of carboxylic acid groups (broad SMARTS) is 3. The summed E-state index contributed by atoms with van der Waals surface area (Å²) in [6, 6.07) is 0. The molecule has 6 nitrogen and oxygen atoms in total. The second-order valence-electron chi connectivity index (χ2n) is 11.2. The van der Waals surface area contributed by atoms with Crippen molar-refractivity contribution in [1.82, 2.24) is 0 Å². The Morgan fingerprint density at radius 3 is 2.23 bits per heavy atom. The van der Waals surface area contributed by atoms with E-state index >= 15 is 0 Å². The average Bonchev–Trinajstić information content (AvgIpc) is 2.65. The normalized spacial score (nSPS) is 47.2. The lowest BCUT2D eigenvalue weighted by Gasteiger charge is -2.65. The van der Waals surface area contributed by atoms with Gasteiger partial charge in [-0.2, -0.15) is 0 Å². The lowest BCUT2D eigenvalue weighted by Crippen LogP contribution is -2.62. The van der Waals surface area contributed by atoms with Crippen LogP contribution in [0.15, 0.2) is 11.6 Å². The van der Waals surface area contributed by atoms with Crippen molar-refractivity contribution in [2.45, 2.75) is 66.2 Å². The lowest BCUT2D eigenvalue weighted by molar-refractivity contribution is -0.180. The molecule has 6 unspecified atom stereocenters. The van der Waals surface area contributed by atoms with Crippen molar-refractivity contribution < 1.29 is 29.7 Å². The van der Waals surface area contributed by atoms with Crippen LogP contribution < -0.4 is 0 Å². The fourth-order valence-corrected chi connectivity index (χ4v) is 8.30. The Labute approximate surface area is 177 Å². The highest BCUT2D eigenvalue weighted by Crippen LogP contribution is 2.70. The molecule has 2 fully saturated rings. The number of aliphatic carboxylic acids is 3. The monoisotopic (exact) mass is 418 g/mol. The first-order chi connectivity index (χ1) is 13.9. The predicted octanol–water partition coefficient (Wildman–Crippen LogP) is 4.30. The second kappa shape index (κ2) is 6.57. The van der Waals surface area contributed by atoms with Gasteiger partial charge in [-0.25, -0.2) is 0 Å². The van der Waals surface area contributed by atoms with Gasteiger partial charge in [-0.1, -0.05) is 38.8 Å². The van der Waals surface area contributed by atoms with E-state index in [-0.39, 0.29) is 23.2 Å². The predicted molar refractivity (Wildman–Crippen MR) is 110 cm³/mol. The van der Waals surface area contributed by atoms with Gasteiger partial charge in [0, 0.05) is 5.41 Å². The Bertz CT molecular complexity index is 830. The van der Waals surface area contributed by atoms with Crippen molar-refractivity contribution in [3.63, 3.8) is 0 Å². The van der Waals surface area contributed by atoms with E-state index in [1.54, 1.807) is 0 Å². The molecule has 0 amide bonds. The Morgan fingerprint density at radius 1 is 1.03 bits per heavy atom. The second-order valence-corrected chi connectivity index (χ2v) is 11.2. The maximum Gasteiger partial charge on any atom is 0.309 e. The van der Waals surface area contributed by atoms with E-state index in [1.807, 2.05) is 20.8 Å². The van der Waals surface area contributed by atoms with Crippen molar-refractivity contribution >= 4 is 17.9 Å². The van der Waals surface area contributed by atoms with E-state index in [0.29, 0.717) is 19.3 Å². The molecule has 3 N–H and O–H groups in total. The van der Waals surface area contributed by atoms with Gasteiger partial charge in [-0.3, -0.25) is 14.4 Å². The molecule has 0 aromatic carbocycles. The number of fused-ring (bicyclic) bond motifs is 3. The third-order valence-corrected chi connectivity index (χ3v) is 9.88. The van der Waals surface area contributed by atoms with E-state index in [0.717, 1.165) is 24.8 Å². The zero-order chi connectivity index (χ0) is 22.2. The maximum absolute atomic E-state index is 12.5. The first kappa shape index (κ1) is 21.4. The van der Waals surface area contributed by atoms with Gasteiger partial charge >= 0.3 is 17.9 Å². The summed E-state index contributed by atoms with van der Waals surface area (Å²) in [6.45, 7) is 8.03. The van der Waals surface area contributed by atoms with Crippen molar-refractivity contribution in [3.8, 4) is 0 Å². The average molecular weight is 419 g/mol. The number of hydrogen-bond donors (Lipinski definition) is 3. The highest BCUT2D eigenvalue weighted by Gasteiger charge is 2.67. The van der Waals surface area contributed by atoms with Gasteiger partial charge in [-0.15, -0.1) is 0 Å². The third-order valence-electron chi connectivity index (χ3n) is 9.88. The third kappa shape index (κ3) is 2.51. The first-order valence-electron chi connectivity index (χ1n) is 11.3. The number of hydrogen-bond acceptors (Lipinski definition) is 3. The highest BCUT2D eigenvalue weighted by molar-refractivity contribution is 5.83. The van der Waals surface area contributed by atoms with Crippen LogP contribution in [0.3, 0.4) is 0 Å². The van der Waals surface area contributed by atoms with E-state index in [9.17, 15) is 29.7 Å². The summed E-state index contributed by atoms with van der Waals surface area (Å²) in [5, 5.41) is 30.5. The molecule has 2 saturated carbocycles. The Balaban J connectivity index is 1.93. The molecule has 6 heteroatoms. The molecule has 166 valence electrons. The number of rotatable bonds is 4. The van der Waals surface area contributed by atoms with Gasteiger partial charge in [0.05, 0.1) is 17.3 Å². The molecule has 8 atom stereocenters. The summed E-state index contributed by atoms with van der Waals surface area (Å²) in [5.41, 5.74) is -0.612. The van der Waals surface area contributed by atoms with E-state index in [1.165, 1.54) is 0 Å². The van der Waals surface area contributed by atoms with Gasteiger partial charge in [0.2, 0.25) is 0 Å². The van der Waals surface area contributed by atoms with Crippen LogP contribution in [-0.2, 0) is 14.4 Å². The zero-order valence-electron chi connectivity index (χ0n) is 18.4. The fraction of sp³-hybridized carbons (Fsp3) is 0.792. The minimum absolute atomic E-state index is 0.0241. The summed E-state index contributed by atoms with van der Waals surface area (Å²) in [7, 11) is 0. The van der Waals surface area contributed by atoms with Crippen LogP contribution in [0.25, 0.3) is 0 Å². The fourth-order valence-electron chi connectivity index (χ4n) is 8.30. The molecular weight excluding hydrogens is 384 g/mol. The molecule has 0 aromatic rings. The number of carbonyl (C=O) groups is 3. The largest absolute Gasteiger partial charge is 0.481 e. The highest BCUT2D eigenvalue weighted by atomic mass is 16.4. The molecule has 4 aliphatic rings. The summed E-state index contributed by atoms with van der Waals surface area (Å²) in [4.78, 5) is 37.3. The van der Waals surface area contributed by atoms with Crippen molar-refractivity contribution in [3.05, 3.63) is 11.6 Å². The number of carboxylic acids is 3. The van der Waals surface area contributed by atoms with E-state index in [2.05, 4.69) is 13.0 Å². The summed E-state index contributed by atoms with van der Waals surface area (Å²) < 4.78 is 0. The summed E-state index contributed by atoms with van der Waals surface area (Å²) in [5.74, 6) is -5.26. The lowest BCUT2D eigenvalue weighted by atomic mass is 9.38. The zero-order valence-corrected chi connectivity index (χ0v) is 18.4. The molecule has 0 aliphatic heterocycles. The van der Waals surface area contributed by atoms with Crippen LogP contribution in [0.2, 0.25) is 0 Å². The van der Waals surface area contributed by atoms with Crippen LogP contribution in [0.4, 0.5) is 0 Å². The Morgan fingerprint density at radius 2 is 1.70 bits per heavy atom. The molecule has 0 aromatic heterocycles. The quantitative estimate of drug-likeness (QED) is 0.587. The molecule has 0 saturated heterocycles. The van der Waals surface area contributed by atoms with Gasteiger partial charge in [0.25, 0.3) is 0 Å². The molecule has 0 radical (unpaired) electrons. The topological polar surface area (TPSA) is 112 Å². The summed E-state index contributed by atoms with van der Waals surface area (Å²) in [6.07, 6.45) is 6.48. The first-order valence-corrected chi connectivity index (χ1v) is 11.3. The van der Waals surface area contributed by atoms with E-state index in [4.69, 9.17) is 0 Å². The van der Waals surface area contributed by atoms with Gasteiger partial charge < -0.3 is 15.3 Å². The van der Waals surface area contributed by atoms with Gasteiger partial charge in [-0.05, 0) is 68.1 Å². The Hall–Kier alpha value is -1.85. The number of allylic oxidation sites excluding steroid dienone is 2. The van der Waals surface area contributed by atoms with Gasteiger partial charge in [0.1, 0.15) is 0 Å².